The summed E-state index contributed by atoms with van der Waals surface area (Å²) in [6.07, 6.45) is 1.79. The average Bonchev–Trinajstić information content (AvgIpc) is 3.23. The first-order valence-corrected chi connectivity index (χ1v) is 12.6. The zero-order valence-electron chi connectivity index (χ0n) is 19.7. The number of rotatable bonds is 12. The van der Waals surface area contributed by atoms with Crippen molar-refractivity contribution in [1.29, 1.82) is 0 Å². The van der Waals surface area contributed by atoms with Crippen molar-refractivity contribution < 1.29 is 28.5 Å². The minimum absolute atomic E-state index is 0.0197. The molecule has 0 radical (unpaired) electrons. The van der Waals surface area contributed by atoms with E-state index in [0.29, 0.717) is 34.1 Å². The highest BCUT2D eigenvalue weighted by Gasteiger charge is 2.27. The van der Waals surface area contributed by atoms with Crippen molar-refractivity contribution in [1.82, 2.24) is 4.90 Å². The molecular weight excluding hydrogens is 499 g/mol. The van der Waals surface area contributed by atoms with E-state index in [1.165, 1.54) is 0 Å². The van der Waals surface area contributed by atoms with Crippen LogP contribution in [0.25, 0.3) is 0 Å². The molecule has 1 fully saturated rings. The number of aliphatic hydroxyl groups is 1. The second-order valence-corrected chi connectivity index (χ2v) is 9.80. The third-order valence-electron chi connectivity index (χ3n) is 6.40. The number of nitrogens with zero attached hydrogens (tertiary/aromatic N) is 1. The molecule has 3 rings (SSSR count). The fraction of sp³-hybridized carbons (Fsp3) is 0.500. The lowest BCUT2D eigenvalue weighted by Gasteiger charge is -2.28. The number of ether oxygens (including phenoxy) is 1. The number of carboxylic acid groups (broad SMARTS) is 1. The molecule has 1 aliphatic rings. The molecule has 2 aromatic rings. The highest BCUT2D eigenvalue weighted by molar-refractivity contribution is 6.42. The van der Waals surface area contributed by atoms with Gasteiger partial charge in [-0.05, 0) is 79.6 Å². The standard InChI is InChI=1S/C26H31Cl2F2NO4/c1-2-25(20-13-24(30)23(29)12-17(20)6-8-26(33)34)35-15-19(32)14-31-9-3-4-18(31)10-16-5-7-21(27)22(28)11-16/h5,7,11-13,18-19,25,32H,2-4,6,8-10,14-15H2,1H3,(H,33,34)/t18-,19+,25+/m0/s1. The van der Waals surface area contributed by atoms with E-state index in [4.69, 9.17) is 33.0 Å². The number of benzene rings is 2. The lowest BCUT2D eigenvalue weighted by molar-refractivity contribution is -0.136. The zero-order valence-corrected chi connectivity index (χ0v) is 21.2. The molecule has 9 heteroatoms. The van der Waals surface area contributed by atoms with Crippen LogP contribution in [0.3, 0.4) is 0 Å². The summed E-state index contributed by atoms with van der Waals surface area (Å²) in [6, 6.07) is 7.98. The van der Waals surface area contributed by atoms with E-state index in [9.17, 15) is 18.7 Å². The molecule has 0 aliphatic carbocycles. The maximum Gasteiger partial charge on any atom is 0.303 e. The zero-order chi connectivity index (χ0) is 25.5. The van der Waals surface area contributed by atoms with Crippen LogP contribution >= 0.6 is 23.2 Å². The van der Waals surface area contributed by atoms with Crippen LogP contribution in [0.4, 0.5) is 8.78 Å². The first-order valence-electron chi connectivity index (χ1n) is 11.8. The van der Waals surface area contributed by atoms with Gasteiger partial charge in [0.1, 0.15) is 0 Å². The highest BCUT2D eigenvalue weighted by Crippen LogP contribution is 2.29. The fourth-order valence-electron chi connectivity index (χ4n) is 4.64. The van der Waals surface area contributed by atoms with Crippen molar-refractivity contribution in [2.24, 2.45) is 0 Å². The smallest absolute Gasteiger partial charge is 0.303 e. The van der Waals surface area contributed by atoms with Crippen molar-refractivity contribution in [3.8, 4) is 0 Å². The van der Waals surface area contributed by atoms with Crippen LogP contribution in [-0.4, -0.2) is 52.9 Å². The molecule has 35 heavy (non-hydrogen) atoms. The van der Waals surface area contributed by atoms with Gasteiger partial charge in [-0.3, -0.25) is 9.69 Å². The molecule has 0 amide bonds. The summed E-state index contributed by atoms with van der Waals surface area (Å²) in [7, 11) is 0. The maximum absolute atomic E-state index is 14.0. The van der Waals surface area contributed by atoms with E-state index in [-0.39, 0.29) is 25.5 Å². The predicted molar refractivity (Wildman–Crippen MR) is 132 cm³/mol. The van der Waals surface area contributed by atoms with Crippen molar-refractivity contribution in [2.45, 2.75) is 63.7 Å². The van der Waals surface area contributed by atoms with E-state index < -0.39 is 29.8 Å². The average molecular weight is 530 g/mol. The van der Waals surface area contributed by atoms with Crippen LogP contribution in [0, 0.1) is 11.6 Å². The van der Waals surface area contributed by atoms with Gasteiger partial charge in [0.25, 0.3) is 0 Å². The Kier molecular flexibility index (Phi) is 10.3. The number of hydrogen-bond donors (Lipinski definition) is 2. The first-order chi connectivity index (χ1) is 16.7. The number of likely N-dealkylation sites (tertiary alicyclic amines) is 1. The summed E-state index contributed by atoms with van der Waals surface area (Å²) in [4.78, 5) is 13.2. The van der Waals surface area contributed by atoms with E-state index in [0.717, 1.165) is 43.5 Å². The quantitative estimate of drug-likeness (QED) is 0.362. The minimum atomic E-state index is -1.02. The highest BCUT2D eigenvalue weighted by atomic mass is 35.5. The van der Waals surface area contributed by atoms with Crippen molar-refractivity contribution in [3.05, 3.63) is 68.7 Å². The lowest BCUT2D eigenvalue weighted by atomic mass is 9.96. The van der Waals surface area contributed by atoms with Gasteiger partial charge in [0.2, 0.25) is 0 Å². The third-order valence-corrected chi connectivity index (χ3v) is 7.14. The number of hydrogen-bond acceptors (Lipinski definition) is 4. The number of aliphatic hydroxyl groups excluding tert-OH is 1. The summed E-state index contributed by atoms with van der Waals surface area (Å²) in [5, 5.41) is 20.7. The molecule has 0 saturated carbocycles. The van der Waals surface area contributed by atoms with E-state index in [2.05, 4.69) is 4.90 Å². The van der Waals surface area contributed by atoms with Crippen LogP contribution in [0.15, 0.2) is 30.3 Å². The Balaban J connectivity index is 1.60. The van der Waals surface area contributed by atoms with E-state index in [1.807, 2.05) is 19.1 Å². The normalized spacial score (nSPS) is 18.1. The molecule has 3 atom stereocenters. The summed E-state index contributed by atoms with van der Waals surface area (Å²) in [6.45, 7) is 3.15. The van der Waals surface area contributed by atoms with Gasteiger partial charge in [-0.2, -0.15) is 0 Å². The summed E-state index contributed by atoms with van der Waals surface area (Å²) >= 11 is 12.2. The SMILES string of the molecule is CC[C@@H](OC[C@H](O)CN1CCC[C@H]1Cc1ccc(Cl)c(Cl)c1)c1cc(F)c(F)cc1CCC(=O)O. The molecule has 0 bridgehead atoms. The molecule has 5 nitrogen and oxygen atoms in total. The number of carbonyl (C=O) groups is 1. The molecule has 1 aliphatic heterocycles. The topological polar surface area (TPSA) is 70.0 Å². The third kappa shape index (κ3) is 7.86. The molecule has 1 heterocycles. The predicted octanol–water partition coefficient (Wildman–Crippen LogP) is 5.82. The second kappa shape index (κ2) is 13.0. The van der Waals surface area contributed by atoms with Crippen LogP contribution < -0.4 is 0 Å². The van der Waals surface area contributed by atoms with Gasteiger partial charge >= 0.3 is 5.97 Å². The Morgan fingerprint density at radius 2 is 1.94 bits per heavy atom. The van der Waals surface area contributed by atoms with E-state index >= 15 is 0 Å². The van der Waals surface area contributed by atoms with Crippen molar-refractivity contribution in [3.63, 3.8) is 0 Å². The fourth-order valence-corrected chi connectivity index (χ4v) is 4.97. The van der Waals surface area contributed by atoms with Gasteiger partial charge in [-0.1, -0.05) is 36.2 Å². The van der Waals surface area contributed by atoms with Crippen LogP contribution in [0.5, 0.6) is 0 Å². The molecule has 0 aromatic heterocycles. The van der Waals surface area contributed by atoms with E-state index in [1.54, 1.807) is 6.07 Å². The Morgan fingerprint density at radius 1 is 1.20 bits per heavy atom. The Morgan fingerprint density at radius 3 is 2.63 bits per heavy atom. The Labute approximate surface area is 214 Å². The minimum Gasteiger partial charge on any atom is -0.481 e. The van der Waals surface area contributed by atoms with Crippen LogP contribution in [0.2, 0.25) is 10.0 Å². The van der Waals surface area contributed by atoms with Gasteiger partial charge in [0, 0.05) is 19.0 Å². The summed E-state index contributed by atoms with van der Waals surface area (Å²) in [5.41, 5.74) is 1.90. The molecular formula is C26H31Cl2F2NO4. The molecule has 2 N–H and O–H groups in total. The van der Waals surface area contributed by atoms with Crippen molar-refractivity contribution >= 4 is 29.2 Å². The Hall–Kier alpha value is -1.77. The number of aliphatic carboxylic acids is 1. The van der Waals surface area contributed by atoms with Crippen LogP contribution in [0.1, 0.15) is 55.4 Å². The number of carboxylic acids is 1. The number of aryl methyl sites for hydroxylation is 1. The summed E-state index contributed by atoms with van der Waals surface area (Å²) < 4.78 is 33.7. The molecule has 192 valence electrons. The van der Waals surface area contributed by atoms with Gasteiger partial charge in [0.15, 0.2) is 11.6 Å². The molecule has 1 saturated heterocycles. The van der Waals surface area contributed by atoms with Crippen LogP contribution in [-0.2, 0) is 22.4 Å². The van der Waals surface area contributed by atoms with Crippen molar-refractivity contribution in [2.75, 3.05) is 19.7 Å². The number of halogens is 4. The lowest BCUT2D eigenvalue weighted by Crippen LogP contribution is -2.39. The van der Waals surface area contributed by atoms with Gasteiger partial charge in [-0.25, -0.2) is 8.78 Å². The molecule has 2 aromatic carbocycles. The molecule has 0 unspecified atom stereocenters. The number of β-amino-alcohol motifs (C(OH)–C–C–N with tert-alkyl or cyclic N) is 1. The monoisotopic (exact) mass is 529 g/mol. The van der Waals surface area contributed by atoms with Gasteiger partial charge in [0.05, 0.1) is 28.9 Å². The Bertz CT molecular complexity index is 1020. The maximum atomic E-state index is 14.0. The summed E-state index contributed by atoms with van der Waals surface area (Å²) in [5.74, 6) is -3.05. The first kappa shape index (κ1) is 27.8. The largest absolute Gasteiger partial charge is 0.481 e. The van der Waals surface area contributed by atoms with Gasteiger partial charge < -0.3 is 14.9 Å². The molecule has 0 spiro atoms. The second-order valence-electron chi connectivity index (χ2n) is 8.99. The van der Waals surface area contributed by atoms with Gasteiger partial charge in [-0.15, -0.1) is 0 Å².